The van der Waals surface area contributed by atoms with Gasteiger partial charge in [-0.3, -0.25) is 9.78 Å². The second-order valence-electron chi connectivity index (χ2n) is 6.25. The Kier molecular flexibility index (Phi) is 4.93. The van der Waals surface area contributed by atoms with Crippen molar-refractivity contribution in [2.75, 3.05) is 10.6 Å². The largest absolute Gasteiger partial charge is 0.380 e. The van der Waals surface area contributed by atoms with Crippen molar-refractivity contribution in [1.29, 1.82) is 0 Å². The Hall–Kier alpha value is -3.80. The summed E-state index contributed by atoms with van der Waals surface area (Å²) < 4.78 is 12.9. The third-order valence-electron chi connectivity index (χ3n) is 4.29. The maximum atomic E-state index is 12.9. The van der Waals surface area contributed by atoms with Gasteiger partial charge in [0.1, 0.15) is 11.5 Å². The van der Waals surface area contributed by atoms with Gasteiger partial charge in [-0.2, -0.15) is 0 Å². The van der Waals surface area contributed by atoms with E-state index in [0.717, 1.165) is 22.2 Å². The fourth-order valence-electron chi connectivity index (χ4n) is 2.83. The van der Waals surface area contributed by atoms with Gasteiger partial charge in [-0.15, -0.1) is 0 Å². The highest BCUT2D eigenvalue weighted by Gasteiger charge is 2.10. The summed E-state index contributed by atoms with van der Waals surface area (Å²) in [5, 5.41) is 7.01. The summed E-state index contributed by atoms with van der Waals surface area (Å²) in [6.45, 7) is 0.537. The fourth-order valence-corrected chi connectivity index (χ4v) is 2.83. The zero-order valence-electron chi connectivity index (χ0n) is 14.9. The van der Waals surface area contributed by atoms with Gasteiger partial charge in [-0.1, -0.05) is 30.3 Å². The van der Waals surface area contributed by atoms with Crippen LogP contribution in [0.25, 0.3) is 10.9 Å². The van der Waals surface area contributed by atoms with Gasteiger partial charge in [0, 0.05) is 18.1 Å². The monoisotopic (exact) mass is 372 g/mol. The number of nitrogens with one attached hydrogen (secondary N) is 2. The Morgan fingerprint density at radius 1 is 0.929 bits per heavy atom. The Morgan fingerprint density at radius 2 is 1.75 bits per heavy atom. The Morgan fingerprint density at radius 3 is 2.54 bits per heavy atom. The lowest BCUT2D eigenvalue weighted by Gasteiger charge is -2.09. The van der Waals surface area contributed by atoms with Gasteiger partial charge in [-0.05, 0) is 42.0 Å². The average molecular weight is 372 g/mol. The number of benzene rings is 2. The van der Waals surface area contributed by atoms with Crippen molar-refractivity contribution in [1.82, 2.24) is 9.97 Å². The van der Waals surface area contributed by atoms with Gasteiger partial charge >= 0.3 is 0 Å². The van der Waals surface area contributed by atoms with E-state index in [1.807, 2.05) is 30.3 Å². The molecule has 0 aliphatic heterocycles. The Balaban J connectivity index is 1.43. The molecule has 2 aromatic heterocycles. The van der Waals surface area contributed by atoms with E-state index in [0.29, 0.717) is 17.9 Å². The molecule has 0 aliphatic rings. The highest BCUT2D eigenvalue weighted by Crippen LogP contribution is 2.21. The van der Waals surface area contributed by atoms with Gasteiger partial charge in [0.2, 0.25) is 0 Å². The van der Waals surface area contributed by atoms with Crippen LogP contribution in [0.2, 0.25) is 0 Å². The van der Waals surface area contributed by atoms with E-state index in [1.54, 1.807) is 36.7 Å². The summed E-state index contributed by atoms with van der Waals surface area (Å²) in [6.07, 6.45) is 3.29. The van der Waals surface area contributed by atoms with Crippen molar-refractivity contribution in [2.24, 2.45) is 0 Å². The number of nitrogens with zero attached hydrogens (tertiary/aromatic N) is 2. The first-order chi connectivity index (χ1) is 13.7. The van der Waals surface area contributed by atoms with Crippen LogP contribution in [0.15, 0.2) is 79.1 Å². The van der Waals surface area contributed by atoms with Crippen LogP contribution in [-0.4, -0.2) is 15.9 Å². The lowest BCUT2D eigenvalue weighted by atomic mass is 10.2. The molecule has 2 aromatic carbocycles. The molecular formula is C22H17FN4O. The predicted octanol–water partition coefficient (Wildman–Crippen LogP) is 4.63. The smallest absolute Gasteiger partial charge is 0.274 e. The van der Waals surface area contributed by atoms with E-state index in [-0.39, 0.29) is 11.7 Å². The van der Waals surface area contributed by atoms with Gasteiger partial charge in [0.25, 0.3) is 5.91 Å². The number of halogens is 1. The number of pyridine rings is 2. The summed E-state index contributed by atoms with van der Waals surface area (Å²) in [5.41, 5.74) is 3.40. The number of hydrogen-bond donors (Lipinski definition) is 2. The van der Waals surface area contributed by atoms with Crippen LogP contribution in [0, 0.1) is 5.82 Å². The zero-order chi connectivity index (χ0) is 19.3. The van der Waals surface area contributed by atoms with Crippen LogP contribution >= 0.6 is 0 Å². The maximum absolute atomic E-state index is 12.9. The summed E-state index contributed by atoms with van der Waals surface area (Å²) >= 11 is 0. The second kappa shape index (κ2) is 7.84. The number of amides is 1. The molecule has 138 valence electrons. The summed E-state index contributed by atoms with van der Waals surface area (Å²) in [4.78, 5) is 21.1. The number of carbonyl (C=O) groups is 1. The molecule has 0 bridgehead atoms. The molecule has 0 spiro atoms. The van der Waals surface area contributed by atoms with Gasteiger partial charge in [0.05, 0.1) is 23.1 Å². The van der Waals surface area contributed by atoms with E-state index in [1.165, 1.54) is 12.1 Å². The van der Waals surface area contributed by atoms with Gasteiger partial charge in [0.15, 0.2) is 0 Å². The van der Waals surface area contributed by atoms with E-state index in [2.05, 4.69) is 20.6 Å². The number of anilines is 2. The molecule has 1 amide bonds. The molecule has 4 aromatic rings. The molecule has 0 aliphatic carbocycles. The quantitative estimate of drug-likeness (QED) is 0.536. The van der Waals surface area contributed by atoms with E-state index < -0.39 is 0 Å². The molecule has 4 rings (SSSR count). The van der Waals surface area contributed by atoms with E-state index in [9.17, 15) is 9.18 Å². The van der Waals surface area contributed by atoms with Crippen molar-refractivity contribution in [2.45, 2.75) is 6.54 Å². The molecule has 5 nitrogen and oxygen atoms in total. The molecule has 28 heavy (non-hydrogen) atoms. The molecule has 0 saturated heterocycles. The van der Waals surface area contributed by atoms with Crippen molar-refractivity contribution in [3.05, 3.63) is 96.2 Å². The topological polar surface area (TPSA) is 66.9 Å². The number of aromatic nitrogens is 2. The number of para-hydroxylation sites is 1. The maximum Gasteiger partial charge on any atom is 0.274 e. The van der Waals surface area contributed by atoms with Crippen molar-refractivity contribution >= 4 is 28.2 Å². The van der Waals surface area contributed by atoms with Crippen molar-refractivity contribution in [3.63, 3.8) is 0 Å². The summed E-state index contributed by atoms with van der Waals surface area (Å²) in [6, 6.07) is 19.1. The highest BCUT2D eigenvalue weighted by molar-refractivity contribution is 6.07. The SMILES string of the molecule is O=C(Nc1cccc2cccnc12)c1ccc(NCc2ccc(F)cc2)cn1. The van der Waals surface area contributed by atoms with Crippen LogP contribution in [0.5, 0.6) is 0 Å². The number of rotatable bonds is 5. The Labute approximate surface area is 161 Å². The first-order valence-corrected chi connectivity index (χ1v) is 8.78. The van der Waals surface area contributed by atoms with Crippen molar-refractivity contribution in [3.8, 4) is 0 Å². The molecule has 0 fully saturated rings. The molecule has 2 N–H and O–H groups in total. The number of hydrogen-bond acceptors (Lipinski definition) is 4. The lowest BCUT2D eigenvalue weighted by Crippen LogP contribution is -2.14. The normalized spacial score (nSPS) is 10.6. The third-order valence-corrected chi connectivity index (χ3v) is 4.29. The lowest BCUT2D eigenvalue weighted by molar-refractivity contribution is 0.102. The van der Waals surface area contributed by atoms with Gasteiger partial charge < -0.3 is 10.6 Å². The van der Waals surface area contributed by atoms with Crippen LogP contribution in [-0.2, 0) is 6.54 Å². The molecule has 0 unspecified atom stereocenters. The minimum absolute atomic E-state index is 0.262. The minimum Gasteiger partial charge on any atom is -0.380 e. The molecule has 0 radical (unpaired) electrons. The Bertz CT molecular complexity index is 1110. The second-order valence-corrected chi connectivity index (χ2v) is 6.25. The average Bonchev–Trinajstić information content (AvgIpc) is 2.74. The fraction of sp³-hybridized carbons (Fsp3) is 0.0455. The molecule has 2 heterocycles. The summed E-state index contributed by atoms with van der Waals surface area (Å²) in [5.74, 6) is -0.564. The molecular weight excluding hydrogens is 355 g/mol. The third kappa shape index (κ3) is 3.96. The first kappa shape index (κ1) is 17.6. The van der Waals surface area contributed by atoms with Crippen LogP contribution < -0.4 is 10.6 Å². The minimum atomic E-state index is -0.303. The van der Waals surface area contributed by atoms with Crippen LogP contribution in [0.1, 0.15) is 16.1 Å². The van der Waals surface area contributed by atoms with Crippen LogP contribution in [0.3, 0.4) is 0 Å². The molecule has 0 saturated carbocycles. The van der Waals surface area contributed by atoms with E-state index >= 15 is 0 Å². The first-order valence-electron chi connectivity index (χ1n) is 8.78. The predicted molar refractivity (Wildman–Crippen MR) is 108 cm³/mol. The number of carbonyl (C=O) groups excluding carboxylic acids is 1. The van der Waals surface area contributed by atoms with Crippen molar-refractivity contribution < 1.29 is 9.18 Å². The van der Waals surface area contributed by atoms with E-state index in [4.69, 9.17) is 0 Å². The molecule has 0 atom stereocenters. The van der Waals surface area contributed by atoms with Gasteiger partial charge in [-0.25, -0.2) is 9.37 Å². The standard InChI is InChI=1S/C22H17FN4O/c23-17-8-6-15(7-9-17)13-25-18-10-11-20(26-14-18)22(28)27-19-5-1-3-16-4-2-12-24-21(16)19/h1-12,14,25H,13H2,(H,27,28). The zero-order valence-corrected chi connectivity index (χ0v) is 14.9. The van der Waals surface area contributed by atoms with Crippen LogP contribution in [0.4, 0.5) is 15.8 Å². The highest BCUT2D eigenvalue weighted by atomic mass is 19.1. The summed E-state index contributed by atoms with van der Waals surface area (Å²) in [7, 11) is 0. The number of fused-ring (bicyclic) bond motifs is 1. The molecule has 6 heteroatoms.